The molecule has 0 aliphatic heterocycles. The third kappa shape index (κ3) is 5.80. The first-order valence-corrected chi connectivity index (χ1v) is 7.44. The minimum Gasteiger partial charge on any atom is -0.490 e. The van der Waals surface area contributed by atoms with Crippen molar-refractivity contribution in [2.75, 3.05) is 19.8 Å². The molecule has 0 aliphatic carbocycles. The first-order valence-electron chi connectivity index (χ1n) is 7.44. The number of unbranched alkanes of at least 4 members (excludes halogenated alkanes) is 1. The van der Waals surface area contributed by atoms with E-state index in [4.69, 9.17) is 14.6 Å². The molecule has 0 saturated heterocycles. The lowest BCUT2D eigenvalue weighted by Crippen LogP contribution is -2.28. The molecule has 1 aromatic rings. The number of benzene rings is 1. The van der Waals surface area contributed by atoms with Crippen LogP contribution in [0.25, 0.3) is 0 Å². The Kier molecular flexibility index (Phi) is 8.07. The lowest BCUT2D eigenvalue weighted by Gasteiger charge is -2.15. The predicted molar refractivity (Wildman–Crippen MR) is 81.4 cm³/mol. The Labute approximate surface area is 122 Å². The summed E-state index contributed by atoms with van der Waals surface area (Å²) >= 11 is 0. The maximum absolute atomic E-state index is 9.01. The molecule has 0 saturated carbocycles. The normalized spacial score (nSPS) is 12.2. The van der Waals surface area contributed by atoms with Crippen LogP contribution < -0.4 is 14.8 Å². The van der Waals surface area contributed by atoms with Crippen molar-refractivity contribution in [3.8, 4) is 11.5 Å². The Bertz CT molecular complexity index is 382. The van der Waals surface area contributed by atoms with E-state index in [-0.39, 0.29) is 12.6 Å². The van der Waals surface area contributed by atoms with Crippen LogP contribution in [0.2, 0.25) is 0 Å². The lowest BCUT2D eigenvalue weighted by atomic mass is 10.2. The highest BCUT2D eigenvalue weighted by Crippen LogP contribution is 2.28. The summed E-state index contributed by atoms with van der Waals surface area (Å²) < 4.78 is 11.4. The summed E-state index contributed by atoms with van der Waals surface area (Å²) in [6.45, 7) is 8.24. The highest BCUT2D eigenvalue weighted by molar-refractivity contribution is 5.43. The van der Waals surface area contributed by atoms with Gasteiger partial charge in [-0.15, -0.1) is 0 Å². The molecule has 0 aromatic heterocycles. The van der Waals surface area contributed by atoms with E-state index in [2.05, 4.69) is 12.2 Å². The molecule has 114 valence electrons. The molecule has 0 aliphatic rings. The number of hydrogen-bond acceptors (Lipinski definition) is 4. The van der Waals surface area contributed by atoms with Gasteiger partial charge in [0.15, 0.2) is 11.5 Å². The van der Waals surface area contributed by atoms with Gasteiger partial charge < -0.3 is 19.9 Å². The van der Waals surface area contributed by atoms with Crippen LogP contribution in [0.3, 0.4) is 0 Å². The minimum atomic E-state index is 0.0889. The standard InChI is InChI=1S/C16H27NO3/c1-4-6-9-20-15-8-7-14(10-16(15)19-5-2)11-17-13(3)12-18/h7-8,10,13,17-18H,4-6,9,11-12H2,1-3H3/t13-/m1/s1. The summed E-state index contributed by atoms with van der Waals surface area (Å²) in [7, 11) is 0. The molecule has 0 amide bonds. The molecule has 0 heterocycles. The fourth-order valence-electron chi connectivity index (χ4n) is 1.73. The molecule has 4 nitrogen and oxygen atoms in total. The number of aliphatic hydroxyl groups excluding tert-OH is 1. The van der Waals surface area contributed by atoms with E-state index in [0.717, 1.165) is 36.5 Å². The first-order chi connectivity index (χ1) is 9.71. The van der Waals surface area contributed by atoms with E-state index in [1.807, 2.05) is 32.0 Å². The van der Waals surface area contributed by atoms with E-state index < -0.39 is 0 Å². The molecule has 0 unspecified atom stereocenters. The Balaban J connectivity index is 2.67. The SMILES string of the molecule is CCCCOc1ccc(CN[C@H](C)CO)cc1OCC. The Morgan fingerprint density at radius 1 is 1.20 bits per heavy atom. The van der Waals surface area contributed by atoms with Gasteiger partial charge in [0.25, 0.3) is 0 Å². The molecule has 0 radical (unpaired) electrons. The molecular weight excluding hydrogens is 254 g/mol. The van der Waals surface area contributed by atoms with Gasteiger partial charge in [0.1, 0.15) is 0 Å². The Hall–Kier alpha value is -1.26. The van der Waals surface area contributed by atoms with Gasteiger partial charge in [-0.05, 0) is 38.0 Å². The topological polar surface area (TPSA) is 50.7 Å². The molecule has 0 fully saturated rings. The van der Waals surface area contributed by atoms with Gasteiger partial charge in [0, 0.05) is 12.6 Å². The van der Waals surface area contributed by atoms with Crippen LogP contribution in [0, 0.1) is 0 Å². The monoisotopic (exact) mass is 281 g/mol. The van der Waals surface area contributed by atoms with Crippen molar-refractivity contribution >= 4 is 0 Å². The molecule has 0 spiro atoms. The van der Waals surface area contributed by atoms with Crippen molar-refractivity contribution in [3.63, 3.8) is 0 Å². The average Bonchev–Trinajstić information content (AvgIpc) is 2.47. The van der Waals surface area contributed by atoms with E-state index >= 15 is 0 Å². The second kappa shape index (κ2) is 9.61. The number of nitrogens with one attached hydrogen (secondary N) is 1. The van der Waals surface area contributed by atoms with Crippen molar-refractivity contribution in [1.29, 1.82) is 0 Å². The van der Waals surface area contributed by atoms with E-state index in [1.165, 1.54) is 0 Å². The van der Waals surface area contributed by atoms with Gasteiger partial charge in [-0.3, -0.25) is 0 Å². The zero-order chi connectivity index (χ0) is 14.8. The average molecular weight is 281 g/mol. The van der Waals surface area contributed by atoms with E-state index in [1.54, 1.807) is 0 Å². The summed E-state index contributed by atoms with van der Waals surface area (Å²) in [6.07, 6.45) is 2.16. The minimum absolute atomic E-state index is 0.0889. The van der Waals surface area contributed by atoms with Crippen molar-refractivity contribution in [2.45, 2.75) is 46.2 Å². The van der Waals surface area contributed by atoms with Crippen LogP contribution in [-0.2, 0) is 6.54 Å². The second-order valence-corrected chi connectivity index (χ2v) is 4.88. The van der Waals surface area contributed by atoms with Crippen molar-refractivity contribution in [2.24, 2.45) is 0 Å². The Morgan fingerprint density at radius 2 is 2.00 bits per heavy atom. The van der Waals surface area contributed by atoms with Crippen LogP contribution >= 0.6 is 0 Å². The maximum atomic E-state index is 9.01. The summed E-state index contributed by atoms with van der Waals surface area (Å²) in [4.78, 5) is 0. The van der Waals surface area contributed by atoms with Crippen LogP contribution in [0.1, 0.15) is 39.2 Å². The van der Waals surface area contributed by atoms with Gasteiger partial charge >= 0.3 is 0 Å². The van der Waals surface area contributed by atoms with Gasteiger partial charge in [-0.2, -0.15) is 0 Å². The Morgan fingerprint density at radius 3 is 2.65 bits per heavy atom. The quantitative estimate of drug-likeness (QED) is 0.648. The molecule has 2 N–H and O–H groups in total. The molecule has 1 aromatic carbocycles. The molecular formula is C16H27NO3. The largest absolute Gasteiger partial charge is 0.490 e. The molecule has 1 atom stereocenters. The van der Waals surface area contributed by atoms with Gasteiger partial charge in [0.05, 0.1) is 19.8 Å². The molecule has 4 heteroatoms. The number of hydrogen-bond donors (Lipinski definition) is 2. The third-order valence-corrected chi connectivity index (χ3v) is 2.99. The van der Waals surface area contributed by atoms with E-state index in [0.29, 0.717) is 13.2 Å². The highest BCUT2D eigenvalue weighted by atomic mass is 16.5. The number of aliphatic hydroxyl groups is 1. The fraction of sp³-hybridized carbons (Fsp3) is 0.625. The second-order valence-electron chi connectivity index (χ2n) is 4.88. The summed E-state index contributed by atoms with van der Waals surface area (Å²) in [5.41, 5.74) is 1.12. The molecule has 20 heavy (non-hydrogen) atoms. The maximum Gasteiger partial charge on any atom is 0.161 e. The van der Waals surface area contributed by atoms with Crippen LogP contribution in [-0.4, -0.2) is 31.0 Å². The summed E-state index contributed by atoms with van der Waals surface area (Å²) in [5, 5.41) is 12.3. The third-order valence-electron chi connectivity index (χ3n) is 2.99. The summed E-state index contributed by atoms with van der Waals surface area (Å²) in [6, 6.07) is 6.08. The van der Waals surface area contributed by atoms with E-state index in [9.17, 15) is 0 Å². The van der Waals surface area contributed by atoms with Gasteiger partial charge in [-0.1, -0.05) is 19.4 Å². The number of rotatable bonds is 10. The van der Waals surface area contributed by atoms with Gasteiger partial charge in [-0.25, -0.2) is 0 Å². The zero-order valence-corrected chi connectivity index (χ0v) is 12.8. The highest BCUT2D eigenvalue weighted by Gasteiger charge is 2.07. The first kappa shape index (κ1) is 16.8. The van der Waals surface area contributed by atoms with Gasteiger partial charge in [0.2, 0.25) is 0 Å². The van der Waals surface area contributed by atoms with Crippen LogP contribution in [0.15, 0.2) is 18.2 Å². The molecule has 1 rings (SSSR count). The van der Waals surface area contributed by atoms with Crippen molar-refractivity contribution in [1.82, 2.24) is 5.32 Å². The fourth-order valence-corrected chi connectivity index (χ4v) is 1.73. The predicted octanol–water partition coefficient (Wildman–Crippen LogP) is 2.73. The summed E-state index contributed by atoms with van der Waals surface area (Å²) in [5.74, 6) is 1.60. The number of ether oxygens (including phenoxy) is 2. The zero-order valence-electron chi connectivity index (χ0n) is 12.8. The van der Waals surface area contributed by atoms with Crippen molar-refractivity contribution in [3.05, 3.63) is 23.8 Å². The smallest absolute Gasteiger partial charge is 0.161 e. The van der Waals surface area contributed by atoms with Crippen molar-refractivity contribution < 1.29 is 14.6 Å². The molecule has 0 bridgehead atoms. The lowest BCUT2D eigenvalue weighted by molar-refractivity contribution is 0.250. The van der Waals surface area contributed by atoms with Crippen LogP contribution in [0.4, 0.5) is 0 Å². The van der Waals surface area contributed by atoms with Crippen LogP contribution in [0.5, 0.6) is 11.5 Å².